The van der Waals surface area contributed by atoms with E-state index in [1.807, 2.05) is 19.1 Å². The second kappa shape index (κ2) is 7.13. The number of rotatable bonds is 5. The average molecular weight is 365 g/mol. The molecule has 0 bridgehead atoms. The van der Waals surface area contributed by atoms with E-state index in [0.29, 0.717) is 18.5 Å². The summed E-state index contributed by atoms with van der Waals surface area (Å²) in [5.74, 6) is 0.165. The summed E-state index contributed by atoms with van der Waals surface area (Å²) in [7, 11) is 0. The lowest BCUT2D eigenvalue weighted by atomic mass is 10.1. The van der Waals surface area contributed by atoms with E-state index in [2.05, 4.69) is 37.2 Å². The predicted molar refractivity (Wildman–Crippen MR) is 75.0 cm³/mol. The number of aliphatic hydroxyl groups is 1. The molecule has 1 amide bonds. The van der Waals surface area contributed by atoms with Crippen LogP contribution in [-0.4, -0.2) is 24.2 Å². The van der Waals surface area contributed by atoms with Crippen molar-refractivity contribution in [2.24, 2.45) is 5.92 Å². The highest BCUT2D eigenvalue weighted by atomic mass is 79.9. The van der Waals surface area contributed by atoms with Gasteiger partial charge in [-0.1, -0.05) is 22.9 Å². The molecule has 1 rings (SSSR count). The Morgan fingerprint density at radius 3 is 2.82 bits per heavy atom. The lowest BCUT2D eigenvalue weighted by Crippen LogP contribution is -2.28. The molecule has 2 N–H and O–H groups in total. The van der Waals surface area contributed by atoms with Crippen molar-refractivity contribution in [3.8, 4) is 0 Å². The summed E-state index contributed by atoms with van der Waals surface area (Å²) in [6, 6.07) is 5.47. The summed E-state index contributed by atoms with van der Waals surface area (Å²) in [5, 5.41) is 11.6. The Hall–Kier alpha value is -0.390. The van der Waals surface area contributed by atoms with Gasteiger partial charge in [0.15, 0.2) is 0 Å². The Balaban J connectivity index is 2.61. The molecule has 0 saturated carbocycles. The second-order valence-corrected chi connectivity index (χ2v) is 5.72. The van der Waals surface area contributed by atoms with Crippen LogP contribution in [0.4, 0.5) is 0 Å². The molecule has 0 aliphatic rings. The number of carbonyl (C=O) groups excluding carboxylic acids is 1. The summed E-state index contributed by atoms with van der Waals surface area (Å²) in [6.07, 6.45) is 0.694. The van der Waals surface area contributed by atoms with Crippen LogP contribution in [-0.2, 0) is 0 Å². The van der Waals surface area contributed by atoms with Crippen LogP contribution in [0.3, 0.4) is 0 Å². The predicted octanol–water partition coefficient (Wildman–Crippen LogP) is 2.96. The minimum atomic E-state index is -0.108. The molecule has 1 aromatic rings. The molecule has 3 nitrogen and oxygen atoms in total. The van der Waals surface area contributed by atoms with Crippen molar-refractivity contribution in [1.82, 2.24) is 5.32 Å². The minimum Gasteiger partial charge on any atom is -0.396 e. The third-order valence-electron chi connectivity index (χ3n) is 2.41. The fourth-order valence-corrected chi connectivity index (χ4v) is 2.14. The smallest absolute Gasteiger partial charge is 0.252 e. The van der Waals surface area contributed by atoms with Crippen LogP contribution in [0.5, 0.6) is 0 Å². The van der Waals surface area contributed by atoms with Crippen molar-refractivity contribution in [3.63, 3.8) is 0 Å². The Morgan fingerprint density at radius 1 is 1.47 bits per heavy atom. The molecule has 5 heteroatoms. The highest BCUT2D eigenvalue weighted by molar-refractivity contribution is 9.11. The number of hydrogen-bond acceptors (Lipinski definition) is 2. The van der Waals surface area contributed by atoms with Gasteiger partial charge in [-0.2, -0.15) is 0 Å². The maximum Gasteiger partial charge on any atom is 0.252 e. The van der Waals surface area contributed by atoms with Crippen LogP contribution in [0.15, 0.2) is 27.1 Å². The average Bonchev–Trinajstić information content (AvgIpc) is 2.29. The van der Waals surface area contributed by atoms with Crippen molar-refractivity contribution >= 4 is 37.8 Å². The van der Waals surface area contributed by atoms with Crippen molar-refractivity contribution in [2.75, 3.05) is 13.2 Å². The topological polar surface area (TPSA) is 49.3 Å². The van der Waals surface area contributed by atoms with Gasteiger partial charge in [-0.3, -0.25) is 4.79 Å². The fraction of sp³-hybridized carbons (Fsp3) is 0.417. The van der Waals surface area contributed by atoms with Gasteiger partial charge in [0, 0.05) is 22.1 Å². The summed E-state index contributed by atoms with van der Waals surface area (Å²) < 4.78 is 1.64. The van der Waals surface area contributed by atoms with Gasteiger partial charge in [0.2, 0.25) is 0 Å². The van der Waals surface area contributed by atoms with Gasteiger partial charge in [-0.15, -0.1) is 0 Å². The monoisotopic (exact) mass is 363 g/mol. The molecule has 0 heterocycles. The van der Waals surface area contributed by atoms with E-state index in [-0.39, 0.29) is 18.4 Å². The number of halogens is 2. The van der Waals surface area contributed by atoms with Gasteiger partial charge in [0.1, 0.15) is 0 Å². The van der Waals surface area contributed by atoms with Gasteiger partial charge in [0.05, 0.1) is 5.56 Å². The zero-order chi connectivity index (χ0) is 12.8. The molecule has 0 radical (unpaired) electrons. The summed E-state index contributed by atoms with van der Waals surface area (Å²) in [4.78, 5) is 11.9. The van der Waals surface area contributed by atoms with Gasteiger partial charge >= 0.3 is 0 Å². The number of benzene rings is 1. The van der Waals surface area contributed by atoms with E-state index in [9.17, 15) is 4.79 Å². The molecule has 1 atom stereocenters. The third kappa shape index (κ3) is 4.77. The molecule has 94 valence electrons. The standard InChI is InChI=1S/C12H15Br2NO2/c1-8(4-5-16)7-15-12(17)10-6-9(13)2-3-11(10)14/h2-3,6,8,16H,4-5,7H2,1H3,(H,15,17). The summed E-state index contributed by atoms with van der Waals surface area (Å²) >= 11 is 6.68. The third-order valence-corrected chi connectivity index (χ3v) is 3.59. The summed E-state index contributed by atoms with van der Waals surface area (Å²) in [6.45, 7) is 2.71. The Labute approximate surface area is 118 Å². The number of carbonyl (C=O) groups is 1. The van der Waals surface area contributed by atoms with Gasteiger partial charge < -0.3 is 10.4 Å². The molecule has 0 spiro atoms. The van der Waals surface area contributed by atoms with E-state index < -0.39 is 0 Å². The molecular weight excluding hydrogens is 350 g/mol. The highest BCUT2D eigenvalue weighted by Crippen LogP contribution is 2.21. The van der Waals surface area contributed by atoms with Crippen LogP contribution >= 0.6 is 31.9 Å². The normalized spacial score (nSPS) is 12.2. The quantitative estimate of drug-likeness (QED) is 0.843. The molecule has 0 aliphatic heterocycles. The molecule has 0 aliphatic carbocycles. The number of nitrogens with one attached hydrogen (secondary N) is 1. The van der Waals surface area contributed by atoms with Crippen LogP contribution < -0.4 is 5.32 Å². The number of aliphatic hydroxyl groups excluding tert-OH is 1. The van der Waals surface area contributed by atoms with Crippen LogP contribution in [0.1, 0.15) is 23.7 Å². The van der Waals surface area contributed by atoms with Crippen LogP contribution in [0.2, 0.25) is 0 Å². The van der Waals surface area contributed by atoms with Crippen LogP contribution in [0, 0.1) is 5.92 Å². The summed E-state index contributed by atoms with van der Waals surface area (Å²) in [5.41, 5.74) is 0.607. The first kappa shape index (κ1) is 14.7. The first-order valence-corrected chi connectivity index (χ1v) is 6.97. The highest BCUT2D eigenvalue weighted by Gasteiger charge is 2.11. The number of amides is 1. The maximum absolute atomic E-state index is 11.9. The van der Waals surface area contributed by atoms with Gasteiger partial charge in [-0.25, -0.2) is 0 Å². The largest absolute Gasteiger partial charge is 0.396 e. The first-order valence-electron chi connectivity index (χ1n) is 5.38. The Morgan fingerprint density at radius 2 is 2.18 bits per heavy atom. The molecule has 17 heavy (non-hydrogen) atoms. The molecule has 0 aromatic heterocycles. The molecule has 0 saturated heterocycles. The molecule has 1 aromatic carbocycles. The van der Waals surface area contributed by atoms with Crippen LogP contribution in [0.25, 0.3) is 0 Å². The number of hydrogen-bond donors (Lipinski definition) is 2. The van der Waals surface area contributed by atoms with E-state index in [4.69, 9.17) is 5.11 Å². The molecule has 1 unspecified atom stereocenters. The lowest BCUT2D eigenvalue weighted by Gasteiger charge is -2.12. The Bertz CT molecular complexity index is 396. The second-order valence-electron chi connectivity index (χ2n) is 3.95. The maximum atomic E-state index is 11.9. The molecule has 0 fully saturated rings. The minimum absolute atomic E-state index is 0.108. The van der Waals surface area contributed by atoms with Gasteiger partial charge in [-0.05, 0) is 46.5 Å². The van der Waals surface area contributed by atoms with Crippen molar-refractivity contribution in [1.29, 1.82) is 0 Å². The zero-order valence-corrected chi connectivity index (χ0v) is 12.7. The zero-order valence-electron chi connectivity index (χ0n) is 9.54. The van der Waals surface area contributed by atoms with E-state index in [1.165, 1.54) is 0 Å². The van der Waals surface area contributed by atoms with Crippen molar-refractivity contribution < 1.29 is 9.90 Å². The van der Waals surface area contributed by atoms with Gasteiger partial charge in [0.25, 0.3) is 5.91 Å². The van der Waals surface area contributed by atoms with E-state index >= 15 is 0 Å². The molecular formula is C12H15Br2NO2. The SMILES string of the molecule is CC(CCO)CNC(=O)c1cc(Br)ccc1Br. The van der Waals surface area contributed by atoms with E-state index in [0.717, 1.165) is 8.95 Å². The van der Waals surface area contributed by atoms with Crippen molar-refractivity contribution in [3.05, 3.63) is 32.7 Å². The van der Waals surface area contributed by atoms with E-state index in [1.54, 1.807) is 6.07 Å². The van der Waals surface area contributed by atoms with Crippen molar-refractivity contribution in [2.45, 2.75) is 13.3 Å². The first-order chi connectivity index (χ1) is 8.04. The Kier molecular flexibility index (Phi) is 6.16. The lowest BCUT2D eigenvalue weighted by molar-refractivity contribution is 0.0944. The fourth-order valence-electron chi connectivity index (χ4n) is 1.36.